The van der Waals surface area contributed by atoms with Crippen LogP contribution in [0.25, 0.3) is 10.9 Å². The smallest absolute Gasteiger partial charge is 0.126 e. The maximum atomic E-state index is 5.67. The van der Waals surface area contributed by atoms with Crippen LogP contribution in [0.1, 0.15) is 23.3 Å². The first kappa shape index (κ1) is 15.2. The van der Waals surface area contributed by atoms with Gasteiger partial charge in [0.1, 0.15) is 11.6 Å². The zero-order valence-electron chi connectivity index (χ0n) is 14.0. The monoisotopic (exact) mass is 326 g/mol. The summed E-state index contributed by atoms with van der Waals surface area (Å²) in [5, 5.41) is 1.17. The van der Waals surface area contributed by atoms with Gasteiger partial charge in [-0.2, -0.15) is 0 Å². The number of aromatic amines is 2. The molecule has 0 spiro atoms. The molecule has 0 unspecified atom stereocenters. The van der Waals surface area contributed by atoms with Crippen LogP contribution in [0.4, 0.5) is 0 Å². The second-order valence-corrected chi connectivity index (χ2v) is 6.26. The van der Waals surface area contributed by atoms with Crippen molar-refractivity contribution >= 4 is 10.9 Å². The van der Waals surface area contributed by atoms with E-state index in [1.807, 2.05) is 19.2 Å². The average molecular weight is 326 g/mol. The Morgan fingerprint density at radius 2 is 2.25 bits per heavy atom. The van der Waals surface area contributed by atoms with Crippen molar-refractivity contribution in [2.75, 3.05) is 26.9 Å². The Balaban J connectivity index is 1.58. The third-order valence-corrected chi connectivity index (χ3v) is 4.53. The maximum absolute atomic E-state index is 5.67. The predicted octanol–water partition coefficient (Wildman–Crippen LogP) is 2.78. The van der Waals surface area contributed by atoms with Gasteiger partial charge in [-0.05, 0) is 31.2 Å². The van der Waals surface area contributed by atoms with Crippen molar-refractivity contribution in [1.29, 1.82) is 0 Å². The third kappa shape index (κ3) is 2.90. The van der Waals surface area contributed by atoms with Gasteiger partial charge in [-0.25, -0.2) is 4.98 Å². The molecule has 1 saturated heterocycles. The highest BCUT2D eigenvalue weighted by Crippen LogP contribution is 2.26. The summed E-state index contributed by atoms with van der Waals surface area (Å²) in [4.78, 5) is 13.7. The lowest BCUT2D eigenvalue weighted by molar-refractivity contribution is -0.0161. The van der Waals surface area contributed by atoms with Crippen LogP contribution in [0.15, 0.2) is 30.5 Å². The lowest BCUT2D eigenvalue weighted by Crippen LogP contribution is -2.39. The topological polar surface area (TPSA) is 66.2 Å². The van der Waals surface area contributed by atoms with Gasteiger partial charge in [0.2, 0.25) is 0 Å². The second-order valence-electron chi connectivity index (χ2n) is 6.26. The van der Waals surface area contributed by atoms with Gasteiger partial charge in [0.15, 0.2) is 0 Å². The summed E-state index contributed by atoms with van der Waals surface area (Å²) >= 11 is 0. The van der Waals surface area contributed by atoms with Crippen molar-refractivity contribution in [2.24, 2.45) is 0 Å². The summed E-state index contributed by atoms with van der Waals surface area (Å²) in [7, 11) is 1.69. The Kier molecular flexibility index (Phi) is 4.00. The number of hydrogen-bond acceptors (Lipinski definition) is 4. The van der Waals surface area contributed by atoms with Gasteiger partial charge in [-0.1, -0.05) is 0 Å². The maximum Gasteiger partial charge on any atom is 0.126 e. The van der Waals surface area contributed by atoms with Crippen LogP contribution in [0.2, 0.25) is 0 Å². The van der Waals surface area contributed by atoms with Crippen LogP contribution >= 0.6 is 0 Å². The number of hydrogen-bond donors (Lipinski definition) is 2. The zero-order chi connectivity index (χ0) is 16.5. The quantitative estimate of drug-likeness (QED) is 0.774. The minimum atomic E-state index is 0.161. The molecule has 0 saturated carbocycles. The molecule has 1 fully saturated rings. The molecular formula is C18H22N4O2. The van der Waals surface area contributed by atoms with E-state index >= 15 is 0 Å². The normalized spacial score (nSPS) is 19.0. The first-order chi connectivity index (χ1) is 11.7. The predicted molar refractivity (Wildman–Crippen MR) is 92.1 cm³/mol. The van der Waals surface area contributed by atoms with E-state index in [0.29, 0.717) is 6.61 Å². The third-order valence-electron chi connectivity index (χ3n) is 4.53. The highest BCUT2D eigenvalue weighted by atomic mass is 16.5. The molecule has 3 aromatic rings. The highest BCUT2D eigenvalue weighted by Gasteiger charge is 2.27. The molecule has 1 aliphatic rings. The minimum absolute atomic E-state index is 0.161. The molecular weight excluding hydrogens is 304 g/mol. The van der Waals surface area contributed by atoms with Crippen LogP contribution in [0.3, 0.4) is 0 Å². The summed E-state index contributed by atoms with van der Waals surface area (Å²) in [6, 6.07) is 8.45. The van der Waals surface area contributed by atoms with Crippen LogP contribution in [0.5, 0.6) is 5.75 Å². The molecule has 6 heteroatoms. The van der Waals surface area contributed by atoms with Gasteiger partial charge in [-0.15, -0.1) is 0 Å². The van der Waals surface area contributed by atoms with E-state index < -0.39 is 0 Å². The fraction of sp³-hybridized carbons (Fsp3) is 0.389. The number of morpholine rings is 1. The van der Waals surface area contributed by atoms with Crippen LogP contribution < -0.4 is 4.74 Å². The van der Waals surface area contributed by atoms with Gasteiger partial charge in [0, 0.05) is 41.6 Å². The van der Waals surface area contributed by atoms with Gasteiger partial charge < -0.3 is 19.4 Å². The number of aryl methyl sites for hydroxylation is 1. The Hall–Kier alpha value is -2.31. The largest absolute Gasteiger partial charge is 0.497 e. The Morgan fingerprint density at radius 1 is 1.33 bits per heavy atom. The molecule has 2 N–H and O–H groups in total. The van der Waals surface area contributed by atoms with Gasteiger partial charge in [0.25, 0.3) is 0 Å². The summed E-state index contributed by atoms with van der Waals surface area (Å²) in [6.45, 7) is 5.18. The van der Waals surface area contributed by atoms with Crippen LogP contribution in [-0.4, -0.2) is 46.7 Å². The first-order valence-corrected chi connectivity index (χ1v) is 8.22. The Labute approximate surface area is 140 Å². The number of methoxy groups -OCH3 is 1. The summed E-state index contributed by atoms with van der Waals surface area (Å²) in [5.74, 6) is 1.85. The van der Waals surface area contributed by atoms with Crippen molar-refractivity contribution in [3.05, 3.63) is 47.7 Å². The number of benzene rings is 1. The lowest BCUT2D eigenvalue weighted by atomic mass is 10.2. The molecule has 0 radical (unpaired) electrons. The van der Waals surface area contributed by atoms with E-state index in [1.165, 1.54) is 11.1 Å². The molecule has 24 heavy (non-hydrogen) atoms. The molecule has 0 amide bonds. The Bertz CT molecular complexity index is 839. The number of rotatable bonds is 4. The average Bonchev–Trinajstić information content (AvgIpc) is 3.20. The fourth-order valence-corrected chi connectivity index (χ4v) is 3.28. The van der Waals surface area contributed by atoms with Gasteiger partial charge in [0.05, 0.1) is 26.4 Å². The molecule has 0 bridgehead atoms. The number of nitrogens with zero attached hydrogens (tertiary/aromatic N) is 2. The molecule has 1 aromatic carbocycles. The Morgan fingerprint density at radius 3 is 3.04 bits per heavy atom. The number of ether oxygens (including phenoxy) is 2. The lowest BCUT2D eigenvalue weighted by Gasteiger charge is -2.34. The number of imidazole rings is 1. The van der Waals surface area contributed by atoms with Crippen molar-refractivity contribution in [3.63, 3.8) is 0 Å². The standard InChI is InChI=1S/C18H22N4O2/c1-12-9-19-18(20-12)17-11-24-6-5-22(17)10-14-7-13-8-15(23-2)3-4-16(13)21-14/h3-4,7-9,17,21H,5-6,10-11H2,1-2H3,(H,19,20)/t17-/m0/s1. The van der Waals surface area contributed by atoms with Crippen molar-refractivity contribution in [3.8, 4) is 5.75 Å². The number of H-pyrrole nitrogens is 2. The molecule has 1 atom stereocenters. The summed E-state index contributed by atoms with van der Waals surface area (Å²) < 4.78 is 11.0. The number of fused-ring (bicyclic) bond motifs is 1. The van der Waals surface area contributed by atoms with Gasteiger partial charge >= 0.3 is 0 Å². The fourth-order valence-electron chi connectivity index (χ4n) is 3.28. The van der Waals surface area contributed by atoms with E-state index in [-0.39, 0.29) is 6.04 Å². The second kappa shape index (κ2) is 6.30. The van der Waals surface area contributed by atoms with E-state index in [0.717, 1.165) is 42.5 Å². The first-order valence-electron chi connectivity index (χ1n) is 8.22. The molecule has 6 nitrogen and oxygen atoms in total. The van der Waals surface area contributed by atoms with E-state index in [2.05, 4.69) is 38.1 Å². The summed E-state index contributed by atoms with van der Waals surface area (Å²) in [6.07, 6.45) is 1.87. The summed E-state index contributed by atoms with van der Waals surface area (Å²) in [5.41, 5.74) is 3.39. The number of nitrogens with one attached hydrogen (secondary N) is 2. The molecule has 2 aromatic heterocycles. The van der Waals surface area contributed by atoms with Gasteiger partial charge in [-0.3, -0.25) is 4.90 Å². The minimum Gasteiger partial charge on any atom is -0.497 e. The molecule has 0 aliphatic carbocycles. The van der Waals surface area contributed by atoms with Crippen molar-refractivity contribution in [2.45, 2.75) is 19.5 Å². The molecule has 3 heterocycles. The molecule has 1 aliphatic heterocycles. The molecule has 126 valence electrons. The van der Waals surface area contributed by atoms with E-state index in [4.69, 9.17) is 9.47 Å². The van der Waals surface area contributed by atoms with E-state index in [1.54, 1.807) is 7.11 Å². The van der Waals surface area contributed by atoms with Crippen LogP contribution in [0, 0.1) is 6.92 Å². The highest BCUT2D eigenvalue weighted by molar-refractivity contribution is 5.81. The zero-order valence-corrected chi connectivity index (χ0v) is 14.0. The SMILES string of the molecule is COc1ccc2[nH]c(CN3CCOC[C@H]3c3ncc(C)[nH]3)cc2c1. The van der Waals surface area contributed by atoms with E-state index in [9.17, 15) is 0 Å². The van der Waals surface area contributed by atoms with Crippen molar-refractivity contribution < 1.29 is 9.47 Å². The molecule has 4 rings (SSSR count). The number of aromatic nitrogens is 3. The van der Waals surface area contributed by atoms with Crippen LogP contribution in [-0.2, 0) is 11.3 Å². The van der Waals surface area contributed by atoms with Crippen molar-refractivity contribution in [1.82, 2.24) is 19.9 Å².